The molecule has 10 nitrogen and oxygen atoms in total. The summed E-state index contributed by atoms with van der Waals surface area (Å²) in [5.74, 6) is -3.55. The van der Waals surface area contributed by atoms with E-state index in [1.165, 1.54) is 32.4 Å². The second-order valence-electron chi connectivity index (χ2n) is 9.48. The van der Waals surface area contributed by atoms with Crippen LogP contribution in [-0.4, -0.2) is 55.3 Å². The van der Waals surface area contributed by atoms with E-state index in [2.05, 4.69) is 10.6 Å². The predicted octanol–water partition coefficient (Wildman–Crippen LogP) is 1.07. The van der Waals surface area contributed by atoms with E-state index >= 15 is 0 Å². The van der Waals surface area contributed by atoms with Crippen LogP contribution in [0.25, 0.3) is 0 Å². The van der Waals surface area contributed by atoms with Gasteiger partial charge in [0.15, 0.2) is 11.5 Å². The summed E-state index contributed by atoms with van der Waals surface area (Å²) < 4.78 is 24.9. The molecule has 4 atom stereocenters. The molecule has 3 heterocycles. The van der Waals surface area contributed by atoms with Crippen molar-refractivity contribution in [1.29, 1.82) is 0 Å². The number of nitrogens with zero attached hydrogens (tertiary/aromatic N) is 1. The van der Waals surface area contributed by atoms with Gasteiger partial charge in [0.25, 0.3) is 0 Å². The Morgan fingerprint density at radius 1 is 1.08 bits per heavy atom. The fourth-order valence-electron chi connectivity index (χ4n) is 5.88. The third-order valence-electron chi connectivity index (χ3n) is 7.54. The van der Waals surface area contributed by atoms with E-state index in [0.717, 1.165) is 10.5 Å². The normalized spacial score (nSPS) is 25.9. The maximum absolute atomic E-state index is 14.3. The van der Waals surface area contributed by atoms with Crippen molar-refractivity contribution in [3.05, 3.63) is 53.3 Å². The van der Waals surface area contributed by atoms with E-state index in [9.17, 15) is 23.6 Å². The van der Waals surface area contributed by atoms with Crippen LogP contribution in [-0.2, 0) is 31.1 Å². The highest BCUT2D eigenvalue weighted by atomic mass is 19.1. The lowest BCUT2D eigenvalue weighted by atomic mass is 9.76. The number of amides is 4. The second kappa shape index (κ2) is 9.15. The number of primary amides is 1. The first-order valence-corrected chi connectivity index (χ1v) is 11.9. The van der Waals surface area contributed by atoms with E-state index in [1.54, 1.807) is 12.1 Å². The van der Waals surface area contributed by atoms with Gasteiger partial charge in [-0.05, 0) is 48.7 Å². The molecule has 2 saturated heterocycles. The standard InChI is InChI=1S/C26H27FN4O6/c1-36-18-7-3-13(11-19(18)37-2)9-10-31-23(33)21-17(6-8-20(28)32)30-26(22(21)24(31)34)15-12-14(27)4-5-16(15)29-25(26)35/h3-5,7,11-12,17,21-22,30H,6,8-10H2,1-2H3,(H2,28,32)(H,29,35)/t17-,21-,22+,26-/m1/s1. The molecule has 194 valence electrons. The summed E-state index contributed by atoms with van der Waals surface area (Å²) in [7, 11) is 3.04. The topological polar surface area (TPSA) is 140 Å². The van der Waals surface area contributed by atoms with E-state index in [1.807, 2.05) is 6.07 Å². The van der Waals surface area contributed by atoms with Crippen molar-refractivity contribution in [3.8, 4) is 11.5 Å². The number of carbonyl (C=O) groups is 4. The fourth-order valence-corrected chi connectivity index (χ4v) is 5.88. The lowest BCUT2D eigenvalue weighted by molar-refractivity contribution is -0.142. The van der Waals surface area contributed by atoms with Gasteiger partial charge < -0.3 is 20.5 Å². The third kappa shape index (κ3) is 3.81. The second-order valence-corrected chi connectivity index (χ2v) is 9.48. The number of fused-ring (bicyclic) bond motifs is 4. The molecule has 0 aromatic heterocycles. The lowest BCUT2D eigenvalue weighted by Gasteiger charge is -2.29. The van der Waals surface area contributed by atoms with Crippen molar-refractivity contribution >= 4 is 29.3 Å². The smallest absolute Gasteiger partial charge is 0.250 e. The number of imide groups is 1. The Hall–Kier alpha value is -3.99. The number of anilines is 1. The number of hydrogen-bond donors (Lipinski definition) is 3. The van der Waals surface area contributed by atoms with Crippen LogP contribution in [0.3, 0.4) is 0 Å². The van der Waals surface area contributed by atoms with Gasteiger partial charge >= 0.3 is 0 Å². The van der Waals surface area contributed by atoms with Crippen molar-refractivity contribution in [1.82, 2.24) is 10.2 Å². The van der Waals surface area contributed by atoms with Crippen LogP contribution in [0.5, 0.6) is 11.5 Å². The molecule has 3 aliphatic rings. The number of rotatable bonds is 8. The predicted molar refractivity (Wildman–Crippen MR) is 129 cm³/mol. The first kappa shape index (κ1) is 24.7. The monoisotopic (exact) mass is 510 g/mol. The third-order valence-corrected chi connectivity index (χ3v) is 7.54. The van der Waals surface area contributed by atoms with E-state index in [-0.39, 0.29) is 24.9 Å². The van der Waals surface area contributed by atoms with Gasteiger partial charge in [-0.3, -0.25) is 29.4 Å². The number of benzene rings is 2. The summed E-state index contributed by atoms with van der Waals surface area (Å²) >= 11 is 0. The summed E-state index contributed by atoms with van der Waals surface area (Å²) in [4.78, 5) is 53.5. The Morgan fingerprint density at radius 2 is 1.84 bits per heavy atom. The molecule has 2 fully saturated rings. The molecule has 0 aliphatic carbocycles. The highest BCUT2D eigenvalue weighted by Gasteiger charge is 2.70. The van der Waals surface area contributed by atoms with Gasteiger partial charge in [0.05, 0.1) is 26.1 Å². The van der Waals surface area contributed by atoms with E-state index in [0.29, 0.717) is 23.6 Å². The molecule has 1 spiro atoms. The largest absolute Gasteiger partial charge is 0.493 e. The fraction of sp³-hybridized carbons (Fsp3) is 0.385. The summed E-state index contributed by atoms with van der Waals surface area (Å²) in [6, 6.07) is 8.50. The van der Waals surface area contributed by atoms with Crippen LogP contribution in [0, 0.1) is 17.7 Å². The van der Waals surface area contributed by atoms with Crippen molar-refractivity contribution < 1.29 is 33.0 Å². The number of hydrogen-bond acceptors (Lipinski definition) is 7. The molecule has 0 radical (unpaired) electrons. The molecule has 0 bridgehead atoms. The minimum absolute atomic E-state index is 0.0400. The Balaban J connectivity index is 1.48. The quantitative estimate of drug-likeness (QED) is 0.452. The molecule has 0 saturated carbocycles. The van der Waals surface area contributed by atoms with Gasteiger partial charge in [-0.1, -0.05) is 6.07 Å². The molecule has 3 aliphatic heterocycles. The van der Waals surface area contributed by atoms with Crippen LogP contribution in [0.15, 0.2) is 36.4 Å². The summed E-state index contributed by atoms with van der Waals surface area (Å²) in [6.45, 7) is 0.0798. The molecule has 4 N–H and O–H groups in total. The van der Waals surface area contributed by atoms with Gasteiger partial charge in [-0.15, -0.1) is 0 Å². The van der Waals surface area contributed by atoms with Crippen LogP contribution in [0.4, 0.5) is 10.1 Å². The number of methoxy groups -OCH3 is 2. The first-order valence-electron chi connectivity index (χ1n) is 11.9. The number of ether oxygens (including phenoxy) is 2. The zero-order valence-electron chi connectivity index (χ0n) is 20.4. The average Bonchev–Trinajstić information content (AvgIpc) is 3.45. The SMILES string of the molecule is COc1ccc(CCN2C(=O)[C@H]3[C@@H](C2=O)[C@@]2(N[C@@H]3CCC(N)=O)C(=O)Nc3ccc(F)cc32)cc1OC. The van der Waals surface area contributed by atoms with Crippen LogP contribution >= 0.6 is 0 Å². The van der Waals surface area contributed by atoms with Gasteiger partial charge in [0.1, 0.15) is 11.4 Å². The zero-order valence-corrected chi connectivity index (χ0v) is 20.4. The minimum Gasteiger partial charge on any atom is -0.493 e. The molecular formula is C26H27FN4O6. The number of likely N-dealkylation sites (tertiary alicyclic amines) is 1. The van der Waals surface area contributed by atoms with Gasteiger partial charge in [0.2, 0.25) is 23.6 Å². The molecule has 0 unspecified atom stereocenters. The maximum Gasteiger partial charge on any atom is 0.250 e. The van der Waals surface area contributed by atoms with Crippen LogP contribution < -0.4 is 25.8 Å². The van der Waals surface area contributed by atoms with Crippen molar-refractivity contribution in [3.63, 3.8) is 0 Å². The number of halogens is 1. The summed E-state index contributed by atoms with van der Waals surface area (Å²) in [5.41, 5.74) is 5.18. The van der Waals surface area contributed by atoms with Crippen LogP contribution in [0.1, 0.15) is 24.0 Å². The Kier molecular flexibility index (Phi) is 6.10. The molecule has 2 aromatic carbocycles. The van der Waals surface area contributed by atoms with E-state index < -0.39 is 52.9 Å². The molecule has 2 aromatic rings. The lowest BCUT2D eigenvalue weighted by Crippen LogP contribution is -2.53. The highest BCUT2D eigenvalue weighted by molar-refractivity contribution is 6.15. The maximum atomic E-state index is 14.3. The summed E-state index contributed by atoms with van der Waals surface area (Å²) in [5, 5.41) is 5.87. The van der Waals surface area contributed by atoms with Crippen molar-refractivity contribution in [2.75, 3.05) is 26.1 Å². The molecular weight excluding hydrogens is 483 g/mol. The molecule has 4 amide bonds. The highest BCUT2D eigenvalue weighted by Crippen LogP contribution is 2.53. The van der Waals surface area contributed by atoms with Crippen LogP contribution in [0.2, 0.25) is 0 Å². The number of carbonyl (C=O) groups excluding carboxylic acids is 4. The molecule has 37 heavy (non-hydrogen) atoms. The number of nitrogens with two attached hydrogens (primary N) is 1. The van der Waals surface area contributed by atoms with Gasteiger partial charge in [0, 0.05) is 30.3 Å². The summed E-state index contributed by atoms with van der Waals surface area (Å²) in [6.07, 6.45) is 0.460. The van der Waals surface area contributed by atoms with Crippen molar-refractivity contribution in [2.45, 2.75) is 30.8 Å². The Morgan fingerprint density at radius 3 is 2.54 bits per heavy atom. The van der Waals surface area contributed by atoms with E-state index in [4.69, 9.17) is 15.2 Å². The average molecular weight is 511 g/mol. The Bertz CT molecular complexity index is 1320. The number of nitrogens with one attached hydrogen (secondary N) is 2. The van der Waals surface area contributed by atoms with Crippen molar-refractivity contribution in [2.24, 2.45) is 17.6 Å². The first-order chi connectivity index (χ1) is 17.7. The molecule has 5 rings (SSSR count). The Labute approximate surface area is 212 Å². The van der Waals surface area contributed by atoms with Gasteiger partial charge in [-0.2, -0.15) is 0 Å². The zero-order chi connectivity index (χ0) is 26.5. The van der Waals surface area contributed by atoms with Gasteiger partial charge in [-0.25, -0.2) is 4.39 Å². The molecule has 11 heteroatoms. The minimum atomic E-state index is -1.63.